The fourth-order valence-corrected chi connectivity index (χ4v) is 2.58. The summed E-state index contributed by atoms with van der Waals surface area (Å²) in [5, 5.41) is 4.29. The largest absolute Gasteiger partial charge is 0.496 e. The summed E-state index contributed by atoms with van der Waals surface area (Å²) in [6.45, 7) is 5.78. The van der Waals surface area contributed by atoms with E-state index in [1.54, 1.807) is 19.2 Å². The van der Waals surface area contributed by atoms with Gasteiger partial charge in [-0.3, -0.25) is 4.79 Å². The highest BCUT2D eigenvalue weighted by atomic mass is 127. The number of methoxy groups -OCH3 is 1. The molecule has 1 aromatic heterocycles. The fraction of sp³-hybridized carbons (Fsp3) is 0.286. The summed E-state index contributed by atoms with van der Waals surface area (Å²) in [6.07, 6.45) is 0. The van der Waals surface area contributed by atoms with Crippen LogP contribution in [0.4, 0.5) is 0 Å². The van der Waals surface area contributed by atoms with Crippen LogP contribution < -0.4 is 4.74 Å². The molecule has 5 heteroatoms. The van der Waals surface area contributed by atoms with Crippen LogP contribution in [0, 0.1) is 24.3 Å². The van der Waals surface area contributed by atoms with Crippen molar-refractivity contribution >= 4 is 28.5 Å². The van der Waals surface area contributed by atoms with Gasteiger partial charge < -0.3 is 4.74 Å². The van der Waals surface area contributed by atoms with Crippen LogP contribution in [-0.4, -0.2) is 22.8 Å². The predicted molar refractivity (Wildman–Crippen MR) is 81.9 cm³/mol. The molecular formula is C14H15IN2O2. The molecule has 0 amide bonds. The lowest BCUT2D eigenvalue weighted by Crippen LogP contribution is -2.15. The van der Waals surface area contributed by atoms with Gasteiger partial charge in [0.05, 0.1) is 16.4 Å². The second kappa shape index (κ2) is 5.32. The minimum atomic E-state index is -0.116. The lowest BCUT2D eigenvalue weighted by Gasteiger charge is -2.07. The second-order valence-electron chi connectivity index (χ2n) is 4.36. The molecule has 1 aromatic carbocycles. The molecule has 0 saturated carbocycles. The summed E-state index contributed by atoms with van der Waals surface area (Å²) in [5.41, 5.74) is 3.43. The van der Waals surface area contributed by atoms with Crippen LogP contribution >= 0.6 is 22.6 Å². The molecule has 0 bridgehead atoms. The predicted octanol–water partition coefficient (Wildman–Crippen LogP) is 3.11. The summed E-state index contributed by atoms with van der Waals surface area (Å²) in [5.74, 6) is 0.649. The van der Waals surface area contributed by atoms with Crippen LogP contribution in [0.15, 0.2) is 18.2 Å². The Balaban J connectivity index is 2.44. The normalized spacial score (nSPS) is 10.6. The van der Waals surface area contributed by atoms with Crippen molar-refractivity contribution in [3.8, 4) is 5.75 Å². The molecule has 0 radical (unpaired) electrons. The smallest absolute Gasteiger partial charge is 0.278 e. The number of halogens is 1. The van der Waals surface area contributed by atoms with Gasteiger partial charge in [-0.05, 0) is 67.1 Å². The number of aryl methyl sites for hydroxylation is 1. The van der Waals surface area contributed by atoms with Gasteiger partial charge in [0.25, 0.3) is 5.91 Å². The number of ether oxygens (including phenoxy) is 1. The Kier molecular flexibility index (Phi) is 3.93. The number of nitrogens with zero attached hydrogens (tertiary/aromatic N) is 2. The number of hydrogen-bond donors (Lipinski definition) is 0. The summed E-state index contributed by atoms with van der Waals surface area (Å²) >= 11 is 2.15. The van der Waals surface area contributed by atoms with Gasteiger partial charge in [-0.25, -0.2) is 4.68 Å². The summed E-state index contributed by atoms with van der Waals surface area (Å²) < 4.78 is 7.56. The Bertz CT molecular complexity index is 647. The minimum absolute atomic E-state index is 0.116. The van der Waals surface area contributed by atoms with Crippen molar-refractivity contribution < 1.29 is 9.53 Å². The topological polar surface area (TPSA) is 44.1 Å². The Morgan fingerprint density at radius 2 is 2.00 bits per heavy atom. The Morgan fingerprint density at radius 3 is 2.47 bits per heavy atom. The molecule has 2 aromatic rings. The van der Waals surface area contributed by atoms with E-state index in [0.29, 0.717) is 5.56 Å². The van der Waals surface area contributed by atoms with E-state index in [9.17, 15) is 4.79 Å². The van der Waals surface area contributed by atoms with Crippen molar-refractivity contribution in [2.24, 2.45) is 0 Å². The number of rotatable bonds is 2. The molecule has 0 spiro atoms. The van der Waals surface area contributed by atoms with Gasteiger partial charge in [0.1, 0.15) is 5.75 Å². The standard InChI is InChI=1S/C14H15IN2O2/c1-8-9(2)16-17(10(8)3)14(18)11-5-6-13(19-4)12(15)7-11/h5-7H,1-4H3. The monoisotopic (exact) mass is 370 g/mol. The van der Waals surface area contributed by atoms with E-state index < -0.39 is 0 Å². The lowest BCUT2D eigenvalue weighted by atomic mass is 10.2. The average molecular weight is 370 g/mol. The molecule has 0 aliphatic rings. The number of benzene rings is 1. The number of aromatic nitrogens is 2. The summed E-state index contributed by atoms with van der Waals surface area (Å²) in [6, 6.07) is 5.37. The SMILES string of the molecule is COc1ccc(C(=O)n2nc(C)c(C)c2C)cc1I. The Morgan fingerprint density at radius 1 is 1.32 bits per heavy atom. The van der Waals surface area contributed by atoms with E-state index in [1.165, 1.54) is 4.68 Å². The first kappa shape index (κ1) is 14.0. The lowest BCUT2D eigenvalue weighted by molar-refractivity contribution is 0.0942. The van der Waals surface area contributed by atoms with Gasteiger partial charge >= 0.3 is 0 Å². The third-order valence-electron chi connectivity index (χ3n) is 3.24. The van der Waals surface area contributed by atoms with Gasteiger partial charge in [-0.1, -0.05) is 0 Å². The highest BCUT2D eigenvalue weighted by molar-refractivity contribution is 14.1. The van der Waals surface area contributed by atoms with E-state index >= 15 is 0 Å². The van der Waals surface area contributed by atoms with Crippen molar-refractivity contribution in [1.29, 1.82) is 0 Å². The minimum Gasteiger partial charge on any atom is -0.496 e. The van der Waals surface area contributed by atoms with E-state index in [1.807, 2.05) is 26.8 Å². The average Bonchev–Trinajstić information content (AvgIpc) is 2.65. The van der Waals surface area contributed by atoms with E-state index in [0.717, 1.165) is 26.3 Å². The molecule has 2 rings (SSSR count). The zero-order valence-electron chi connectivity index (χ0n) is 11.3. The first-order chi connectivity index (χ1) is 8.95. The molecule has 4 nitrogen and oxygen atoms in total. The molecule has 0 N–H and O–H groups in total. The molecule has 0 unspecified atom stereocenters. The quantitative estimate of drug-likeness (QED) is 0.764. The van der Waals surface area contributed by atoms with Crippen molar-refractivity contribution in [3.05, 3.63) is 44.3 Å². The van der Waals surface area contributed by atoms with Crippen LogP contribution in [0.1, 0.15) is 27.3 Å². The van der Waals surface area contributed by atoms with Crippen molar-refractivity contribution in [2.75, 3.05) is 7.11 Å². The molecule has 0 aliphatic carbocycles. The maximum Gasteiger partial charge on any atom is 0.278 e. The highest BCUT2D eigenvalue weighted by Crippen LogP contribution is 2.22. The van der Waals surface area contributed by atoms with Gasteiger partial charge in [0.2, 0.25) is 0 Å². The molecule has 0 aliphatic heterocycles. The molecule has 100 valence electrons. The second-order valence-corrected chi connectivity index (χ2v) is 5.52. The molecule has 0 atom stereocenters. The fourth-order valence-electron chi connectivity index (χ4n) is 1.84. The van der Waals surface area contributed by atoms with Crippen LogP contribution in [-0.2, 0) is 0 Å². The van der Waals surface area contributed by atoms with Crippen LogP contribution in [0.3, 0.4) is 0 Å². The first-order valence-electron chi connectivity index (χ1n) is 5.86. The third-order valence-corrected chi connectivity index (χ3v) is 4.09. The maximum atomic E-state index is 12.4. The van der Waals surface area contributed by atoms with E-state index in [2.05, 4.69) is 27.7 Å². The Labute approximate surface area is 125 Å². The first-order valence-corrected chi connectivity index (χ1v) is 6.94. The Hall–Kier alpha value is -1.37. The number of carbonyl (C=O) groups is 1. The number of hydrogen-bond acceptors (Lipinski definition) is 3. The van der Waals surface area contributed by atoms with Crippen molar-refractivity contribution in [3.63, 3.8) is 0 Å². The molecular weight excluding hydrogens is 355 g/mol. The van der Waals surface area contributed by atoms with Gasteiger partial charge in [0, 0.05) is 11.3 Å². The third kappa shape index (κ3) is 2.51. The van der Waals surface area contributed by atoms with Crippen LogP contribution in [0.2, 0.25) is 0 Å². The molecule has 19 heavy (non-hydrogen) atoms. The van der Waals surface area contributed by atoms with Gasteiger partial charge in [-0.2, -0.15) is 5.10 Å². The van der Waals surface area contributed by atoms with Gasteiger partial charge in [-0.15, -0.1) is 0 Å². The molecule has 0 fully saturated rings. The summed E-state index contributed by atoms with van der Waals surface area (Å²) in [7, 11) is 1.61. The number of carbonyl (C=O) groups excluding carboxylic acids is 1. The maximum absolute atomic E-state index is 12.4. The van der Waals surface area contributed by atoms with Gasteiger partial charge in [0.15, 0.2) is 0 Å². The zero-order chi connectivity index (χ0) is 14.2. The van der Waals surface area contributed by atoms with Crippen LogP contribution in [0.25, 0.3) is 0 Å². The highest BCUT2D eigenvalue weighted by Gasteiger charge is 2.16. The van der Waals surface area contributed by atoms with E-state index in [-0.39, 0.29) is 5.91 Å². The van der Waals surface area contributed by atoms with Crippen molar-refractivity contribution in [2.45, 2.75) is 20.8 Å². The van der Waals surface area contributed by atoms with Crippen molar-refractivity contribution in [1.82, 2.24) is 9.78 Å². The molecule has 0 saturated heterocycles. The van der Waals surface area contributed by atoms with Crippen LogP contribution in [0.5, 0.6) is 5.75 Å². The molecule has 1 heterocycles. The zero-order valence-corrected chi connectivity index (χ0v) is 13.5. The summed E-state index contributed by atoms with van der Waals surface area (Å²) in [4.78, 5) is 12.4. The van der Waals surface area contributed by atoms with E-state index in [4.69, 9.17) is 4.74 Å².